The average Bonchev–Trinajstić information content (AvgIpc) is 3.60. The van der Waals surface area contributed by atoms with Crippen LogP contribution < -0.4 is 5.32 Å². The Bertz CT molecular complexity index is 1420. The van der Waals surface area contributed by atoms with E-state index in [4.69, 9.17) is 25.5 Å². The van der Waals surface area contributed by atoms with Crippen molar-refractivity contribution in [2.24, 2.45) is 4.99 Å². The smallest absolute Gasteiger partial charge is 0.337 e. The fraction of sp³-hybridized carbons (Fsp3) is 0.192. The van der Waals surface area contributed by atoms with Gasteiger partial charge in [0.1, 0.15) is 22.3 Å². The molecule has 1 amide bonds. The summed E-state index contributed by atoms with van der Waals surface area (Å²) >= 11 is 7.63. The summed E-state index contributed by atoms with van der Waals surface area (Å²) in [5, 5.41) is 12.9. The Morgan fingerprint density at radius 1 is 1.17 bits per heavy atom. The summed E-state index contributed by atoms with van der Waals surface area (Å²) < 4.78 is 11.2. The van der Waals surface area contributed by atoms with Crippen LogP contribution in [-0.4, -0.2) is 23.2 Å². The molecule has 5 rings (SSSR count). The molecule has 4 aromatic rings. The van der Waals surface area contributed by atoms with E-state index in [0.29, 0.717) is 40.0 Å². The van der Waals surface area contributed by atoms with E-state index in [9.17, 15) is 9.59 Å². The van der Waals surface area contributed by atoms with E-state index < -0.39 is 5.97 Å². The Hall–Kier alpha value is -3.62. The van der Waals surface area contributed by atoms with Crippen molar-refractivity contribution in [2.45, 2.75) is 32.2 Å². The highest BCUT2D eigenvalue weighted by Crippen LogP contribution is 2.40. The van der Waals surface area contributed by atoms with Crippen molar-refractivity contribution in [1.29, 1.82) is 0 Å². The lowest BCUT2D eigenvalue weighted by atomic mass is 9.95. The highest BCUT2D eigenvalue weighted by atomic mass is 35.5. The van der Waals surface area contributed by atoms with Crippen LogP contribution >= 0.6 is 22.9 Å². The number of fused-ring (bicyclic) bond motifs is 1. The molecule has 0 unspecified atom stereocenters. The molecule has 0 saturated carbocycles. The van der Waals surface area contributed by atoms with E-state index in [-0.39, 0.29) is 16.5 Å². The van der Waals surface area contributed by atoms with Crippen LogP contribution in [0.5, 0.6) is 0 Å². The minimum absolute atomic E-state index is 0.0308. The highest BCUT2D eigenvalue weighted by molar-refractivity contribution is 7.16. The lowest BCUT2D eigenvalue weighted by Gasteiger charge is -2.12. The van der Waals surface area contributed by atoms with Crippen molar-refractivity contribution in [3.8, 4) is 11.3 Å². The molecule has 0 bridgehead atoms. The molecule has 1 aliphatic carbocycles. The normalized spacial score (nSPS) is 13.2. The fourth-order valence-corrected chi connectivity index (χ4v) is 5.58. The molecule has 3 aromatic heterocycles. The van der Waals surface area contributed by atoms with Crippen molar-refractivity contribution in [1.82, 2.24) is 5.32 Å². The number of hydrogen-bond acceptors (Lipinski definition) is 6. The predicted molar refractivity (Wildman–Crippen MR) is 134 cm³/mol. The zero-order valence-electron chi connectivity index (χ0n) is 18.5. The number of hydrogen-bond donors (Lipinski definition) is 2. The number of carboxylic acid groups (broad SMARTS) is 1. The largest absolute Gasteiger partial charge is 0.478 e. The quantitative estimate of drug-likeness (QED) is 0.277. The topological polar surface area (TPSA) is 105 Å². The second kappa shape index (κ2) is 9.93. The minimum atomic E-state index is -1.09. The van der Waals surface area contributed by atoms with Gasteiger partial charge in [-0.05, 0) is 67.6 Å². The SMILES string of the molecule is O=C(O)c1ccc(-c2ccc(C=Nc3sc4c(c3C(=O)NCc3ccco3)CCCC4)o2)cc1Cl. The van der Waals surface area contributed by atoms with Crippen molar-refractivity contribution in [3.63, 3.8) is 0 Å². The summed E-state index contributed by atoms with van der Waals surface area (Å²) in [5.41, 5.74) is 2.39. The number of rotatable bonds is 7. The number of carbonyl (C=O) groups is 2. The van der Waals surface area contributed by atoms with Gasteiger partial charge in [0, 0.05) is 10.4 Å². The third-order valence-electron chi connectivity index (χ3n) is 5.80. The maximum atomic E-state index is 13.1. The molecule has 0 radical (unpaired) electrons. The molecule has 1 aliphatic rings. The Morgan fingerprint density at radius 3 is 2.80 bits per heavy atom. The van der Waals surface area contributed by atoms with E-state index in [1.807, 2.05) is 6.07 Å². The predicted octanol–water partition coefficient (Wildman–Crippen LogP) is 6.51. The summed E-state index contributed by atoms with van der Waals surface area (Å²) in [6.45, 7) is 0.310. The molecule has 0 saturated heterocycles. The first-order valence-corrected chi connectivity index (χ1v) is 12.3. The lowest BCUT2D eigenvalue weighted by Crippen LogP contribution is -2.23. The molecule has 1 aromatic carbocycles. The van der Waals surface area contributed by atoms with Crippen molar-refractivity contribution in [3.05, 3.63) is 86.8 Å². The van der Waals surface area contributed by atoms with Crippen molar-refractivity contribution >= 4 is 46.0 Å². The van der Waals surface area contributed by atoms with Crippen LogP contribution in [-0.2, 0) is 19.4 Å². The molecule has 0 atom stereocenters. The number of nitrogens with one attached hydrogen (secondary N) is 1. The van der Waals surface area contributed by atoms with Gasteiger partial charge in [-0.1, -0.05) is 17.7 Å². The number of benzene rings is 1. The maximum absolute atomic E-state index is 13.1. The second-order valence-electron chi connectivity index (χ2n) is 8.11. The molecule has 7 nitrogen and oxygen atoms in total. The number of halogens is 1. The van der Waals surface area contributed by atoms with Gasteiger partial charge < -0.3 is 19.3 Å². The molecule has 178 valence electrons. The van der Waals surface area contributed by atoms with Gasteiger partial charge in [-0.25, -0.2) is 9.79 Å². The zero-order chi connectivity index (χ0) is 24.4. The van der Waals surface area contributed by atoms with Crippen molar-refractivity contribution < 1.29 is 23.5 Å². The first-order valence-electron chi connectivity index (χ1n) is 11.1. The van der Waals surface area contributed by atoms with E-state index >= 15 is 0 Å². The average molecular weight is 509 g/mol. The number of aromatic carboxylic acids is 1. The molecular formula is C26H21ClN2O5S. The van der Waals surface area contributed by atoms with E-state index in [1.165, 1.54) is 10.9 Å². The van der Waals surface area contributed by atoms with Gasteiger partial charge in [0.15, 0.2) is 0 Å². The highest BCUT2D eigenvalue weighted by Gasteiger charge is 2.25. The summed E-state index contributed by atoms with van der Waals surface area (Å²) in [6.07, 6.45) is 7.15. The van der Waals surface area contributed by atoms with Crippen LogP contribution in [0.25, 0.3) is 11.3 Å². The number of aliphatic imine (C=N–C) groups is 1. The Kier molecular flexibility index (Phi) is 6.57. The van der Waals surface area contributed by atoms with Crippen molar-refractivity contribution in [2.75, 3.05) is 0 Å². The summed E-state index contributed by atoms with van der Waals surface area (Å²) in [5.74, 6) is 0.476. The molecule has 0 aliphatic heterocycles. The number of thiophene rings is 1. The van der Waals surface area contributed by atoms with Crippen LogP contribution in [0, 0.1) is 0 Å². The molecule has 9 heteroatoms. The number of carbonyl (C=O) groups excluding carboxylic acids is 1. The Morgan fingerprint density at radius 2 is 2.03 bits per heavy atom. The van der Waals surface area contributed by atoms with Gasteiger partial charge >= 0.3 is 5.97 Å². The standard InChI is InChI=1S/C26H21ClN2O5S/c27-20-12-15(7-9-18(20)26(31)32)21-10-8-17(34-21)14-29-25-23(19-5-1-2-6-22(19)35-25)24(30)28-13-16-4-3-11-33-16/h3-4,7-12,14H,1-2,5-6,13H2,(H,28,30)(H,31,32). The van der Waals surface area contributed by atoms with Gasteiger partial charge in [-0.2, -0.15) is 0 Å². The molecule has 2 N–H and O–H groups in total. The number of furan rings is 2. The van der Waals surface area contributed by atoms with Crippen LogP contribution in [0.3, 0.4) is 0 Å². The monoisotopic (exact) mass is 508 g/mol. The molecule has 35 heavy (non-hydrogen) atoms. The van der Waals surface area contributed by atoms with Gasteiger partial charge in [-0.15, -0.1) is 11.3 Å². The fourth-order valence-electron chi connectivity index (χ4n) is 4.09. The third kappa shape index (κ3) is 4.94. The number of carboxylic acids is 1. The first-order chi connectivity index (χ1) is 17.0. The minimum Gasteiger partial charge on any atom is -0.478 e. The third-order valence-corrected chi connectivity index (χ3v) is 7.32. The molecule has 0 fully saturated rings. The van der Waals surface area contributed by atoms with Crippen LogP contribution in [0.15, 0.2) is 62.6 Å². The van der Waals surface area contributed by atoms with Gasteiger partial charge in [0.25, 0.3) is 5.91 Å². The van der Waals surface area contributed by atoms with Gasteiger partial charge in [-0.3, -0.25) is 4.79 Å². The van der Waals surface area contributed by atoms with E-state index in [2.05, 4.69) is 10.3 Å². The van der Waals surface area contributed by atoms with E-state index in [0.717, 1.165) is 31.2 Å². The number of nitrogens with zero attached hydrogens (tertiary/aromatic N) is 1. The van der Waals surface area contributed by atoms with Gasteiger partial charge in [0.05, 0.1) is 35.2 Å². The maximum Gasteiger partial charge on any atom is 0.337 e. The Balaban J connectivity index is 1.39. The number of aryl methyl sites for hydroxylation is 1. The summed E-state index contributed by atoms with van der Waals surface area (Å²) in [6, 6.07) is 11.8. The number of amides is 1. The van der Waals surface area contributed by atoms with Gasteiger partial charge in [0.2, 0.25) is 0 Å². The second-order valence-corrected chi connectivity index (χ2v) is 9.60. The molecule has 3 heterocycles. The summed E-state index contributed by atoms with van der Waals surface area (Å²) in [7, 11) is 0. The first kappa shape index (κ1) is 23.1. The van der Waals surface area contributed by atoms with Crippen LogP contribution in [0.1, 0.15) is 55.5 Å². The molecule has 0 spiro atoms. The van der Waals surface area contributed by atoms with Crippen LogP contribution in [0.2, 0.25) is 5.02 Å². The zero-order valence-corrected chi connectivity index (χ0v) is 20.1. The van der Waals surface area contributed by atoms with E-state index in [1.54, 1.807) is 54.1 Å². The Labute approximate surface area is 210 Å². The van der Waals surface area contributed by atoms with Crippen LogP contribution in [0.4, 0.5) is 5.00 Å². The molecular weight excluding hydrogens is 488 g/mol. The summed E-state index contributed by atoms with van der Waals surface area (Å²) in [4.78, 5) is 30.1. The lowest BCUT2D eigenvalue weighted by molar-refractivity contribution is 0.0696.